The zero-order valence-electron chi connectivity index (χ0n) is 12.6. The average molecular weight is 308 g/mol. The van der Waals surface area contributed by atoms with Crippen LogP contribution in [0.5, 0.6) is 0 Å². The van der Waals surface area contributed by atoms with Crippen LogP contribution in [0.1, 0.15) is 17.0 Å². The standard InChI is InChI=1S/C14H20N4O2S/c1-10-5-11(2)16-14(6-10)17-21(19,20)13-7-12(8-15-3)18(4)9-13/h5-7,9,15H,8H2,1-4H3,(H,16,17). The molecule has 0 saturated carbocycles. The third-order valence-corrected chi connectivity index (χ3v) is 4.41. The lowest BCUT2D eigenvalue weighted by Crippen LogP contribution is -2.13. The highest BCUT2D eigenvalue weighted by molar-refractivity contribution is 7.92. The summed E-state index contributed by atoms with van der Waals surface area (Å²) in [6.45, 7) is 4.34. The van der Waals surface area contributed by atoms with Gasteiger partial charge in [0.25, 0.3) is 10.0 Å². The van der Waals surface area contributed by atoms with E-state index in [-0.39, 0.29) is 4.90 Å². The van der Waals surface area contributed by atoms with E-state index in [1.54, 1.807) is 22.9 Å². The Morgan fingerprint density at radius 3 is 2.57 bits per heavy atom. The number of anilines is 1. The van der Waals surface area contributed by atoms with Crippen LogP contribution < -0.4 is 10.0 Å². The van der Waals surface area contributed by atoms with Crippen molar-refractivity contribution >= 4 is 15.8 Å². The molecular weight excluding hydrogens is 288 g/mol. The Labute approximate surface area is 125 Å². The Morgan fingerprint density at radius 1 is 1.24 bits per heavy atom. The van der Waals surface area contributed by atoms with Crippen LogP contribution in [-0.2, 0) is 23.6 Å². The molecule has 0 fully saturated rings. The maximum Gasteiger partial charge on any atom is 0.264 e. The lowest BCUT2D eigenvalue weighted by atomic mass is 10.2. The molecule has 0 amide bonds. The van der Waals surface area contributed by atoms with Gasteiger partial charge in [-0.05, 0) is 44.7 Å². The molecule has 0 aliphatic carbocycles. The van der Waals surface area contributed by atoms with Crippen molar-refractivity contribution in [2.24, 2.45) is 7.05 Å². The minimum absolute atomic E-state index is 0.233. The first-order valence-electron chi connectivity index (χ1n) is 6.60. The first kappa shape index (κ1) is 15.5. The molecule has 21 heavy (non-hydrogen) atoms. The fourth-order valence-corrected chi connectivity index (χ4v) is 3.26. The Balaban J connectivity index is 2.31. The van der Waals surface area contributed by atoms with Gasteiger partial charge in [-0.3, -0.25) is 4.72 Å². The highest BCUT2D eigenvalue weighted by atomic mass is 32.2. The number of aryl methyl sites for hydroxylation is 3. The normalized spacial score (nSPS) is 11.6. The first-order valence-corrected chi connectivity index (χ1v) is 8.08. The number of nitrogens with one attached hydrogen (secondary N) is 2. The molecule has 0 unspecified atom stereocenters. The Bertz CT molecular complexity index is 730. The van der Waals surface area contributed by atoms with Crippen molar-refractivity contribution in [3.05, 3.63) is 41.3 Å². The third-order valence-electron chi connectivity index (χ3n) is 3.09. The first-order chi connectivity index (χ1) is 9.81. The van der Waals surface area contributed by atoms with E-state index in [1.807, 2.05) is 34.0 Å². The minimum atomic E-state index is -3.63. The maximum atomic E-state index is 12.4. The second kappa shape index (κ2) is 5.87. The molecule has 114 valence electrons. The average Bonchev–Trinajstić information content (AvgIpc) is 2.70. The van der Waals surface area contributed by atoms with Crippen molar-refractivity contribution in [2.45, 2.75) is 25.3 Å². The van der Waals surface area contributed by atoms with E-state index >= 15 is 0 Å². The number of aromatic nitrogens is 2. The van der Waals surface area contributed by atoms with Crippen LogP contribution in [0.2, 0.25) is 0 Å². The van der Waals surface area contributed by atoms with Gasteiger partial charge in [-0.1, -0.05) is 0 Å². The Hall–Kier alpha value is -1.86. The van der Waals surface area contributed by atoms with Crippen LogP contribution in [0.3, 0.4) is 0 Å². The van der Waals surface area contributed by atoms with Crippen molar-refractivity contribution in [1.82, 2.24) is 14.9 Å². The predicted octanol–water partition coefficient (Wildman–Crippen LogP) is 1.56. The van der Waals surface area contributed by atoms with Gasteiger partial charge in [0, 0.05) is 31.2 Å². The molecule has 0 aromatic carbocycles. The summed E-state index contributed by atoms with van der Waals surface area (Å²) in [7, 11) is 0.0106. The lowest BCUT2D eigenvalue weighted by molar-refractivity contribution is 0.601. The van der Waals surface area contributed by atoms with Gasteiger partial charge in [0.05, 0.1) is 0 Å². The van der Waals surface area contributed by atoms with Gasteiger partial charge in [-0.15, -0.1) is 0 Å². The van der Waals surface area contributed by atoms with E-state index in [9.17, 15) is 8.42 Å². The van der Waals surface area contributed by atoms with E-state index in [0.29, 0.717) is 12.4 Å². The number of hydrogen-bond acceptors (Lipinski definition) is 4. The number of rotatable bonds is 5. The number of nitrogens with zero attached hydrogens (tertiary/aromatic N) is 2. The highest BCUT2D eigenvalue weighted by Gasteiger charge is 2.18. The van der Waals surface area contributed by atoms with Crippen molar-refractivity contribution < 1.29 is 8.42 Å². The highest BCUT2D eigenvalue weighted by Crippen LogP contribution is 2.18. The molecule has 0 aliphatic rings. The summed E-state index contributed by atoms with van der Waals surface area (Å²) in [5, 5.41) is 3.01. The third kappa shape index (κ3) is 3.62. The lowest BCUT2D eigenvalue weighted by Gasteiger charge is -2.07. The molecule has 6 nitrogen and oxygen atoms in total. The largest absolute Gasteiger partial charge is 0.352 e. The molecule has 2 heterocycles. The minimum Gasteiger partial charge on any atom is -0.352 e. The van der Waals surface area contributed by atoms with Crippen LogP contribution >= 0.6 is 0 Å². The summed E-state index contributed by atoms with van der Waals surface area (Å²) in [4.78, 5) is 4.43. The van der Waals surface area contributed by atoms with Crippen LogP contribution in [0.4, 0.5) is 5.82 Å². The molecule has 0 atom stereocenters. The molecule has 0 bridgehead atoms. The summed E-state index contributed by atoms with van der Waals surface area (Å²) in [5.41, 5.74) is 2.63. The molecule has 2 aromatic heterocycles. The van der Waals surface area contributed by atoms with Gasteiger partial charge < -0.3 is 9.88 Å². The van der Waals surface area contributed by atoms with Gasteiger partial charge in [-0.25, -0.2) is 13.4 Å². The van der Waals surface area contributed by atoms with Crippen molar-refractivity contribution in [3.8, 4) is 0 Å². The fraction of sp³-hybridized carbons (Fsp3) is 0.357. The van der Waals surface area contributed by atoms with E-state index in [0.717, 1.165) is 17.0 Å². The van der Waals surface area contributed by atoms with Crippen LogP contribution in [0.15, 0.2) is 29.3 Å². The fourth-order valence-electron chi connectivity index (χ4n) is 2.17. The summed E-state index contributed by atoms with van der Waals surface area (Å²) in [5.74, 6) is 0.339. The molecular formula is C14H20N4O2S. The topological polar surface area (TPSA) is 76.0 Å². The molecule has 2 aromatic rings. The molecule has 0 radical (unpaired) electrons. The number of hydrogen-bond donors (Lipinski definition) is 2. The monoisotopic (exact) mass is 308 g/mol. The zero-order chi connectivity index (χ0) is 15.6. The summed E-state index contributed by atoms with van der Waals surface area (Å²) in [6, 6.07) is 5.26. The second-order valence-electron chi connectivity index (χ2n) is 5.08. The number of sulfonamides is 1. The summed E-state index contributed by atoms with van der Waals surface area (Å²) in [6.07, 6.45) is 1.59. The smallest absolute Gasteiger partial charge is 0.264 e. The predicted molar refractivity (Wildman–Crippen MR) is 82.7 cm³/mol. The zero-order valence-corrected chi connectivity index (χ0v) is 13.5. The van der Waals surface area contributed by atoms with Gasteiger partial charge in [-0.2, -0.15) is 0 Å². The molecule has 0 aliphatic heterocycles. The van der Waals surface area contributed by atoms with Crippen LogP contribution in [-0.4, -0.2) is 25.0 Å². The summed E-state index contributed by atoms with van der Waals surface area (Å²) >= 11 is 0. The van der Waals surface area contributed by atoms with Gasteiger partial charge in [0.1, 0.15) is 10.7 Å². The second-order valence-corrected chi connectivity index (χ2v) is 6.77. The molecule has 0 saturated heterocycles. The van der Waals surface area contributed by atoms with Gasteiger partial charge >= 0.3 is 0 Å². The van der Waals surface area contributed by atoms with E-state index in [2.05, 4.69) is 15.0 Å². The summed E-state index contributed by atoms with van der Waals surface area (Å²) < 4.78 is 29.1. The SMILES string of the molecule is CNCc1cc(S(=O)(=O)Nc2cc(C)cc(C)n2)cn1C. The molecule has 7 heteroatoms. The van der Waals surface area contributed by atoms with E-state index < -0.39 is 10.0 Å². The van der Waals surface area contributed by atoms with Crippen molar-refractivity contribution in [3.63, 3.8) is 0 Å². The van der Waals surface area contributed by atoms with Crippen molar-refractivity contribution in [1.29, 1.82) is 0 Å². The van der Waals surface area contributed by atoms with Gasteiger partial charge in [0.15, 0.2) is 0 Å². The van der Waals surface area contributed by atoms with E-state index in [1.165, 1.54) is 0 Å². The van der Waals surface area contributed by atoms with E-state index in [4.69, 9.17) is 0 Å². The molecule has 0 spiro atoms. The van der Waals surface area contributed by atoms with Crippen LogP contribution in [0, 0.1) is 13.8 Å². The van der Waals surface area contributed by atoms with Crippen LogP contribution in [0.25, 0.3) is 0 Å². The Morgan fingerprint density at radius 2 is 1.95 bits per heavy atom. The van der Waals surface area contributed by atoms with Gasteiger partial charge in [0.2, 0.25) is 0 Å². The Kier molecular flexibility index (Phi) is 4.34. The molecule has 2 rings (SSSR count). The molecule has 2 N–H and O–H groups in total. The van der Waals surface area contributed by atoms with Crippen molar-refractivity contribution in [2.75, 3.05) is 11.8 Å². The maximum absolute atomic E-state index is 12.4. The quantitative estimate of drug-likeness (QED) is 0.879. The number of pyridine rings is 1.